The Morgan fingerprint density at radius 2 is 2.24 bits per heavy atom. The Hall–Kier alpha value is -1.48. The highest BCUT2D eigenvalue weighted by atomic mass is 35.5. The monoisotopic (exact) mass is 253 g/mol. The van der Waals surface area contributed by atoms with Crippen LogP contribution in [-0.4, -0.2) is 0 Å². The van der Waals surface area contributed by atoms with Crippen molar-refractivity contribution < 1.29 is 8.81 Å². The Balaban J connectivity index is 2.19. The SMILES string of the molecule is CCC(Nc1ccc(F)cc1Cl)c1ccco1. The molecule has 0 spiro atoms. The Bertz CT molecular complexity index is 484. The van der Waals surface area contributed by atoms with Crippen LogP contribution in [0.25, 0.3) is 0 Å². The van der Waals surface area contributed by atoms with Gasteiger partial charge in [0.05, 0.1) is 23.0 Å². The van der Waals surface area contributed by atoms with Crippen LogP contribution in [0.5, 0.6) is 0 Å². The van der Waals surface area contributed by atoms with Gasteiger partial charge in [0.2, 0.25) is 0 Å². The van der Waals surface area contributed by atoms with Crippen molar-refractivity contribution in [3.8, 4) is 0 Å². The second kappa shape index (κ2) is 5.23. The third-order valence-electron chi connectivity index (χ3n) is 2.56. The van der Waals surface area contributed by atoms with E-state index in [9.17, 15) is 4.39 Å². The number of halogens is 2. The van der Waals surface area contributed by atoms with E-state index in [1.165, 1.54) is 12.1 Å². The van der Waals surface area contributed by atoms with E-state index < -0.39 is 0 Å². The van der Waals surface area contributed by atoms with Gasteiger partial charge in [-0.15, -0.1) is 0 Å². The summed E-state index contributed by atoms with van der Waals surface area (Å²) in [6.07, 6.45) is 2.48. The molecule has 4 heteroatoms. The summed E-state index contributed by atoms with van der Waals surface area (Å²) in [5.41, 5.74) is 0.705. The molecular weight excluding hydrogens is 241 g/mol. The second-order valence-corrected chi connectivity index (χ2v) is 4.15. The number of anilines is 1. The van der Waals surface area contributed by atoms with E-state index in [1.807, 2.05) is 19.1 Å². The lowest BCUT2D eigenvalue weighted by Gasteiger charge is -2.16. The zero-order valence-corrected chi connectivity index (χ0v) is 10.2. The Morgan fingerprint density at radius 1 is 1.41 bits per heavy atom. The van der Waals surface area contributed by atoms with E-state index in [0.717, 1.165) is 12.2 Å². The molecule has 1 aromatic carbocycles. The molecule has 1 aromatic heterocycles. The number of hydrogen-bond donors (Lipinski definition) is 1. The number of benzene rings is 1. The fourth-order valence-electron chi connectivity index (χ4n) is 1.66. The zero-order chi connectivity index (χ0) is 12.3. The molecule has 0 amide bonds. The minimum atomic E-state index is -0.341. The van der Waals surface area contributed by atoms with Crippen molar-refractivity contribution in [1.29, 1.82) is 0 Å². The maximum atomic E-state index is 12.9. The van der Waals surface area contributed by atoms with Crippen LogP contribution in [0, 0.1) is 5.82 Å². The summed E-state index contributed by atoms with van der Waals surface area (Å²) in [6.45, 7) is 2.04. The molecule has 0 aliphatic rings. The lowest BCUT2D eigenvalue weighted by atomic mass is 10.1. The van der Waals surface area contributed by atoms with Crippen molar-refractivity contribution in [2.75, 3.05) is 5.32 Å². The normalized spacial score (nSPS) is 12.4. The lowest BCUT2D eigenvalue weighted by molar-refractivity contribution is 0.474. The molecule has 90 valence electrons. The average Bonchev–Trinajstić information content (AvgIpc) is 2.81. The van der Waals surface area contributed by atoms with Gasteiger partial charge in [-0.1, -0.05) is 18.5 Å². The fraction of sp³-hybridized carbons (Fsp3) is 0.231. The highest BCUT2D eigenvalue weighted by Crippen LogP contribution is 2.28. The second-order valence-electron chi connectivity index (χ2n) is 3.74. The number of nitrogens with one attached hydrogen (secondary N) is 1. The first-order valence-corrected chi connectivity index (χ1v) is 5.83. The van der Waals surface area contributed by atoms with Crippen LogP contribution in [0.3, 0.4) is 0 Å². The van der Waals surface area contributed by atoms with E-state index in [4.69, 9.17) is 16.0 Å². The minimum Gasteiger partial charge on any atom is -0.467 e. The first kappa shape index (κ1) is 12.0. The van der Waals surface area contributed by atoms with E-state index >= 15 is 0 Å². The molecule has 1 N–H and O–H groups in total. The van der Waals surface area contributed by atoms with Crippen molar-refractivity contribution in [1.82, 2.24) is 0 Å². The molecule has 0 fully saturated rings. The molecule has 0 bridgehead atoms. The van der Waals surface area contributed by atoms with E-state index in [0.29, 0.717) is 10.7 Å². The third kappa shape index (κ3) is 2.80. The number of furan rings is 1. The van der Waals surface area contributed by atoms with Gasteiger partial charge in [-0.25, -0.2) is 4.39 Å². The zero-order valence-electron chi connectivity index (χ0n) is 9.41. The van der Waals surface area contributed by atoms with Crippen LogP contribution in [0.2, 0.25) is 5.02 Å². The summed E-state index contributed by atoms with van der Waals surface area (Å²) in [4.78, 5) is 0. The first-order valence-electron chi connectivity index (χ1n) is 5.45. The van der Waals surface area contributed by atoms with Gasteiger partial charge < -0.3 is 9.73 Å². The fourth-order valence-corrected chi connectivity index (χ4v) is 1.88. The number of rotatable bonds is 4. The summed E-state index contributed by atoms with van der Waals surface area (Å²) in [6, 6.07) is 8.07. The maximum Gasteiger partial charge on any atom is 0.125 e. The van der Waals surface area contributed by atoms with Crippen molar-refractivity contribution in [2.45, 2.75) is 19.4 Å². The Kier molecular flexibility index (Phi) is 3.69. The molecule has 2 rings (SSSR count). The predicted molar refractivity (Wildman–Crippen MR) is 66.8 cm³/mol. The van der Waals surface area contributed by atoms with Crippen LogP contribution >= 0.6 is 11.6 Å². The standard InChI is InChI=1S/C13H13ClFNO/c1-2-11(13-4-3-7-17-13)16-12-6-5-9(15)8-10(12)14/h3-8,11,16H,2H2,1H3. The summed E-state index contributed by atoms with van der Waals surface area (Å²) in [5, 5.41) is 3.60. The minimum absolute atomic E-state index is 0.0351. The van der Waals surface area contributed by atoms with Crippen LogP contribution < -0.4 is 5.32 Å². The van der Waals surface area contributed by atoms with E-state index in [-0.39, 0.29) is 11.9 Å². The van der Waals surface area contributed by atoms with Crippen LogP contribution in [0.4, 0.5) is 10.1 Å². The molecule has 17 heavy (non-hydrogen) atoms. The topological polar surface area (TPSA) is 25.2 Å². The summed E-state index contributed by atoms with van der Waals surface area (Å²) in [5.74, 6) is 0.500. The molecule has 2 aromatic rings. The molecule has 0 saturated heterocycles. The average molecular weight is 254 g/mol. The highest BCUT2D eigenvalue weighted by Gasteiger charge is 2.13. The smallest absolute Gasteiger partial charge is 0.125 e. The third-order valence-corrected chi connectivity index (χ3v) is 2.87. The molecule has 1 unspecified atom stereocenters. The van der Waals surface area contributed by atoms with E-state index in [2.05, 4.69) is 5.32 Å². The molecule has 2 nitrogen and oxygen atoms in total. The molecule has 1 atom stereocenters. The van der Waals surface area contributed by atoms with Crippen LogP contribution in [-0.2, 0) is 0 Å². The molecular formula is C13H13ClFNO. The highest BCUT2D eigenvalue weighted by molar-refractivity contribution is 6.33. The lowest BCUT2D eigenvalue weighted by Crippen LogP contribution is -2.09. The van der Waals surface area contributed by atoms with Gasteiger partial charge in [0.1, 0.15) is 11.6 Å². The molecule has 0 radical (unpaired) electrons. The van der Waals surface area contributed by atoms with Gasteiger partial charge in [0.15, 0.2) is 0 Å². The van der Waals surface area contributed by atoms with Crippen molar-refractivity contribution in [3.63, 3.8) is 0 Å². The number of hydrogen-bond acceptors (Lipinski definition) is 2. The summed E-state index contributed by atoms with van der Waals surface area (Å²) >= 11 is 5.96. The summed E-state index contributed by atoms with van der Waals surface area (Å²) in [7, 11) is 0. The van der Waals surface area contributed by atoms with Gasteiger partial charge in [-0.05, 0) is 36.8 Å². The van der Waals surface area contributed by atoms with Crippen LogP contribution in [0.1, 0.15) is 25.1 Å². The van der Waals surface area contributed by atoms with Crippen molar-refractivity contribution in [3.05, 3.63) is 53.2 Å². The first-order chi connectivity index (χ1) is 8.20. The maximum absolute atomic E-state index is 12.9. The summed E-state index contributed by atoms with van der Waals surface area (Å²) < 4.78 is 18.3. The molecule has 0 aliphatic carbocycles. The molecule has 0 aliphatic heterocycles. The van der Waals surface area contributed by atoms with Crippen LogP contribution in [0.15, 0.2) is 41.0 Å². The Labute approximate surface area is 104 Å². The largest absolute Gasteiger partial charge is 0.467 e. The van der Waals surface area contributed by atoms with Crippen molar-refractivity contribution in [2.24, 2.45) is 0 Å². The van der Waals surface area contributed by atoms with Gasteiger partial charge >= 0.3 is 0 Å². The van der Waals surface area contributed by atoms with Gasteiger partial charge in [-0.2, -0.15) is 0 Å². The quantitative estimate of drug-likeness (QED) is 0.859. The van der Waals surface area contributed by atoms with Crippen molar-refractivity contribution >= 4 is 17.3 Å². The molecule has 0 saturated carbocycles. The van der Waals surface area contributed by atoms with Gasteiger partial charge in [0, 0.05) is 0 Å². The Morgan fingerprint density at radius 3 is 2.82 bits per heavy atom. The van der Waals surface area contributed by atoms with Gasteiger partial charge in [-0.3, -0.25) is 0 Å². The molecule has 1 heterocycles. The van der Waals surface area contributed by atoms with Gasteiger partial charge in [0.25, 0.3) is 0 Å². The van der Waals surface area contributed by atoms with E-state index in [1.54, 1.807) is 12.3 Å². The predicted octanol–water partition coefficient (Wildman–Crippen LogP) is 4.64.